The maximum absolute atomic E-state index is 11.1. The molecule has 3 nitrogen and oxygen atoms in total. The highest BCUT2D eigenvalue weighted by Gasteiger charge is 2.16. The van der Waals surface area contributed by atoms with E-state index in [2.05, 4.69) is 0 Å². The first-order valence-corrected chi connectivity index (χ1v) is 9.01. The monoisotopic (exact) mass is 324 g/mol. The lowest BCUT2D eigenvalue weighted by molar-refractivity contribution is 0.0903. The van der Waals surface area contributed by atoms with Crippen LogP contribution in [0.5, 0.6) is 0 Å². The van der Waals surface area contributed by atoms with Gasteiger partial charge < -0.3 is 4.74 Å². The highest BCUT2D eigenvalue weighted by atomic mass is 35.7. The van der Waals surface area contributed by atoms with Gasteiger partial charge in [0.15, 0.2) is 0 Å². The van der Waals surface area contributed by atoms with Gasteiger partial charge in [0, 0.05) is 15.7 Å². The van der Waals surface area contributed by atoms with Crippen LogP contribution in [0.1, 0.15) is 25.3 Å². The average molecular weight is 325 g/mol. The van der Waals surface area contributed by atoms with Crippen molar-refractivity contribution in [2.24, 2.45) is 5.92 Å². The maximum atomic E-state index is 11.1. The number of halogens is 2. The summed E-state index contributed by atoms with van der Waals surface area (Å²) in [4.78, 5) is 0. The van der Waals surface area contributed by atoms with Crippen LogP contribution in [0.25, 0.3) is 0 Å². The number of hydrogen-bond donors (Lipinski definition) is 0. The van der Waals surface area contributed by atoms with Crippen molar-refractivity contribution in [1.82, 2.24) is 0 Å². The molecule has 0 aromatic heterocycles. The van der Waals surface area contributed by atoms with E-state index in [1.54, 1.807) is 12.1 Å². The summed E-state index contributed by atoms with van der Waals surface area (Å²) >= 11 is 5.79. The van der Waals surface area contributed by atoms with E-state index in [9.17, 15) is 8.42 Å². The molecule has 6 heteroatoms. The number of ether oxygens (including phenoxy) is 1. The molecular weight excluding hydrogens is 307 g/mol. The minimum atomic E-state index is -3.47. The van der Waals surface area contributed by atoms with E-state index in [-0.39, 0.29) is 11.7 Å². The van der Waals surface area contributed by atoms with Crippen LogP contribution in [0.15, 0.2) is 24.3 Å². The van der Waals surface area contributed by atoms with E-state index in [0.29, 0.717) is 18.2 Å². The summed E-state index contributed by atoms with van der Waals surface area (Å²) in [6.45, 7) is 2.84. The fourth-order valence-corrected chi connectivity index (χ4v) is 3.32. The third-order valence-corrected chi connectivity index (χ3v) is 4.17. The summed E-state index contributed by atoms with van der Waals surface area (Å²) in [7, 11) is 1.81. The van der Waals surface area contributed by atoms with Crippen LogP contribution >= 0.6 is 22.3 Å². The molecule has 108 valence electrons. The van der Waals surface area contributed by atoms with Crippen LogP contribution in [-0.4, -0.2) is 20.8 Å². The molecule has 0 fully saturated rings. The Morgan fingerprint density at radius 1 is 1.26 bits per heavy atom. The van der Waals surface area contributed by atoms with Gasteiger partial charge in [-0.3, -0.25) is 0 Å². The fraction of sp³-hybridized carbons (Fsp3) is 0.538. The Balaban J connectivity index is 2.41. The zero-order chi connectivity index (χ0) is 14.3. The van der Waals surface area contributed by atoms with Gasteiger partial charge in [-0.1, -0.05) is 37.1 Å². The van der Waals surface area contributed by atoms with Gasteiger partial charge in [-0.2, -0.15) is 0 Å². The second-order valence-electron chi connectivity index (χ2n) is 4.50. The highest BCUT2D eigenvalue weighted by Crippen LogP contribution is 2.15. The molecule has 1 atom stereocenters. The quantitative estimate of drug-likeness (QED) is 0.682. The van der Waals surface area contributed by atoms with Crippen LogP contribution in [0.4, 0.5) is 0 Å². The number of rotatable bonds is 8. The molecule has 0 saturated heterocycles. The lowest BCUT2D eigenvalue weighted by atomic mass is 10.1. The van der Waals surface area contributed by atoms with Gasteiger partial charge in [0.1, 0.15) is 0 Å². The molecule has 0 aliphatic carbocycles. The van der Waals surface area contributed by atoms with E-state index < -0.39 is 9.05 Å². The molecule has 0 saturated carbocycles. The van der Waals surface area contributed by atoms with Crippen molar-refractivity contribution in [3.63, 3.8) is 0 Å². The van der Waals surface area contributed by atoms with Crippen molar-refractivity contribution in [2.75, 3.05) is 12.4 Å². The Morgan fingerprint density at radius 3 is 2.42 bits per heavy atom. The molecule has 0 amide bonds. The van der Waals surface area contributed by atoms with Gasteiger partial charge >= 0.3 is 0 Å². The zero-order valence-electron chi connectivity index (χ0n) is 10.8. The fourth-order valence-electron chi connectivity index (χ4n) is 1.83. The highest BCUT2D eigenvalue weighted by molar-refractivity contribution is 8.13. The summed E-state index contributed by atoms with van der Waals surface area (Å²) in [6.07, 6.45) is 1.69. The zero-order valence-corrected chi connectivity index (χ0v) is 13.1. The molecule has 0 heterocycles. The van der Waals surface area contributed by atoms with Crippen molar-refractivity contribution in [3.8, 4) is 0 Å². The molecule has 1 unspecified atom stereocenters. The van der Waals surface area contributed by atoms with Gasteiger partial charge in [-0.05, 0) is 30.0 Å². The molecule has 0 spiro atoms. The molecule has 1 aromatic rings. The predicted molar refractivity (Wildman–Crippen MR) is 79.1 cm³/mol. The average Bonchev–Trinajstić information content (AvgIpc) is 2.30. The Labute approximate surface area is 124 Å². The van der Waals surface area contributed by atoms with Crippen LogP contribution in [0, 0.1) is 5.92 Å². The number of benzene rings is 1. The molecule has 1 aromatic carbocycles. The molecule has 0 radical (unpaired) electrons. The summed E-state index contributed by atoms with van der Waals surface area (Å²) in [5.41, 5.74) is 1.01. The normalized spacial score (nSPS) is 13.4. The van der Waals surface area contributed by atoms with Crippen molar-refractivity contribution >= 4 is 31.3 Å². The van der Waals surface area contributed by atoms with E-state index >= 15 is 0 Å². The van der Waals surface area contributed by atoms with E-state index in [1.807, 2.05) is 19.1 Å². The van der Waals surface area contributed by atoms with Gasteiger partial charge in [-0.25, -0.2) is 8.42 Å². The molecular formula is C13H18Cl2O3S. The van der Waals surface area contributed by atoms with Gasteiger partial charge in [0.05, 0.1) is 19.0 Å². The summed E-state index contributed by atoms with van der Waals surface area (Å²) in [5, 5.41) is 0.681. The van der Waals surface area contributed by atoms with E-state index in [0.717, 1.165) is 18.4 Å². The molecule has 1 rings (SSSR count). The molecule has 0 aliphatic heterocycles. The largest absolute Gasteiger partial charge is 0.376 e. The van der Waals surface area contributed by atoms with Crippen molar-refractivity contribution in [3.05, 3.63) is 34.9 Å². The Kier molecular flexibility index (Phi) is 7.15. The first kappa shape index (κ1) is 16.8. The van der Waals surface area contributed by atoms with Crippen molar-refractivity contribution in [1.29, 1.82) is 0 Å². The summed E-state index contributed by atoms with van der Waals surface area (Å²) in [5.74, 6) is -0.0944. The first-order valence-electron chi connectivity index (χ1n) is 6.15. The smallest absolute Gasteiger partial charge is 0.232 e. The predicted octanol–water partition coefficient (Wildman–Crippen LogP) is 3.84. The topological polar surface area (TPSA) is 43.4 Å². The van der Waals surface area contributed by atoms with Gasteiger partial charge in [0.2, 0.25) is 9.05 Å². The van der Waals surface area contributed by atoms with Crippen LogP contribution < -0.4 is 0 Å². The minimum Gasteiger partial charge on any atom is -0.376 e. The standard InChI is InChI=1S/C13H18Cl2O3S/c1-2-3-12(10-19(15,16)17)9-18-8-11-4-6-13(14)7-5-11/h4-7,12H,2-3,8-10H2,1H3. The summed E-state index contributed by atoms with van der Waals surface area (Å²) in [6, 6.07) is 7.37. The van der Waals surface area contributed by atoms with E-state index in [4.69, 9.17) is 27.0 Å². The van der Waals surface area contributed by atoms with Gasteiger partial charge in [0.25, 0.3) is 0 Å². The summed E-state index contributed by atoms with van der Waals surface area (Å²) < 4.78 is 27.7. The van der Waals surface area contributed by atoms with Crippen LogP contribution in [0.3, 0.4) is 0 Å². The maximum Gasteiger partial charge on any atom is 0.232 e. The third kappa shape index (κ3) is 7.78. The Hall–Kier alpha value is -0.290. The van der Waals surface area contributed by atoms with Gasteiger partial charge in [-0.15, -0.1) is 0 Å². The van der Waals surface area contributed by atoms with Crippen molar-refractivity contribution < 1.29 is 13.2 Å². The molecule has 0 N–H and O–H groups in total. The lowest BCUT2D eigenvalue weighted by Crippen LogP contribution is -2.18. The van der Waals surface area contributed by atoms with Crippen LogP contribution in [-0.2, 0) is 20.4 Å². The second-order valence-corrected chi connectivity index (χ2v) is 7.76. The van der Waals surface area contributed by atoms with E-state index in [1.165, 1.54) is 0 Å². The molecule has 0 aliphatic rings. The third-order valence-electron chi connectivity index (χ3n) is 2.67. The number of hydrogen-bond acceptors (Lipinski definition) is 3. The second kappa shape index (κ2) is 8.10. The molecule has 0 bridgehead atoms. The Morgan fingerprint density at radius 2 is 1.89 bits per heavy atom. The lowest BCUT2D eigenvalue weighted by Gasteiger charge is -2.14. The molecule has 19 heavy (non-hydrogen) atoms. The SMILES string of the molecule is CCCC(COCc1ccc(Cl)cc1)CS(=O)(=O)Cl. The Bertz CT molecular complexity index is 471. The van der Waals surface area contributed by atoms with Crippen LogP contribution in [0.2, 0.25) is 5.02 Å². The minimum absolute atomic E-state index is 0.0387. The first-order chi connectivity index (χ1) is 8.90. The van der Waals surface area contributed by atoms with Crippen molar-refractivity contribution in [2.45, 2.75) is 26.4 Å².